The van der Waals surface area contributed by atoms with Crippen molar-refractivity contribution in [3.8, 4) is 11.5 Å². The average Bonchev–Trinajstić information content (AvgIpc) is 3.25. The summed E-state index contributed by atoms with van der Waals surface area (Å²) in [5.41, 5.74) is 4.39. The molecule has 1 saturated carbocycles. The molecule has 2 unspecified atom stereocenters. The number of carbonyl (C=O) groups excluding carboxylic acids is 2. The summed E-state index contributed by atoms with van der Waals surface area (Å²) < 4.78 is 10.6. The predicted molar refractivity (Wildman–Crippen MR) is 127 cm³/mol. The van der Waals surface area contributed by atoms with Crippen molar-refractivity contribution in [3.63, 3.8) is 0 Å². The Bertz CT molecular complexity index is 1060. The number of hydrogen-bond acceptors (Lipinski definition) is 4. The highest BCUT2D eigenvalue weighted by Crippen LogP contribution is 2.43. The number of carbonyl (C=O) groups is 2. The second-order valence-electron chi connectivity index (χ2n) is 8.81. The number of methoxy groups -OCH3 is 2. The van der Waals surface area contributed by atoms with Gasteiger partial charge in [0.25, 0.3) is 0 Å². The van der Waals surface area contributed by atoms with Crippen LogP contribution in [0.25, 0.3) is 11.1 Å². The van der Waals surface area contributed by atoms with Crippen LogP contribution in [0, 0.1) is 11.8 Å². The third-order valence-electron chi connectivity index (χ3n) is 6.77. The molecule has 33 heavy (non-hydrogen) atoms. The summed E-state index contributed by atoms with van der Waals surface area (Å²) in [5.74, 6) is 1.38. The molecule has 0 aromatic heterocycles. The molecule has 3 aliphatic rings. The van der Waals surface area contributed by atoms with Crippen molar-refractivity contribution < 1.29 is 19.1 Å². The van der Waals surface area contributed by atoms with Gasteiger partial charge in [-0.05, 0) is 53.0 Å². The van der Waals surface area contributed by atoms with Gasteiger partial charge in [-0.25, -0.2) is 0 Å². The van der Waals surface area contributed by atoms with Crippen LogP contribution in [-0.4, -0.2) is 62.0 Å². The van der Waals surface area contributed by atoms with E-state index in [1.807, 2.05) is 58.3 Å². The second kappa shape index (κ2) is 8.77. The van der Waals surface area contributed by atoms with Gasteiger partial charge in [0.2, 0.25) is 11.8 Å². The standard InChI is InChI=1S/C27H28N2O4/c1-32-22-7-3-5-18(13-22)20-9-11-28(16-20)26(30)24-15-25(24)27(31)29-12-10-21(17-29)19-6-4-8-23(14-19)33-2/h3-10,13-14,24-25H,11-12,15-17H2,1-2H3. The molecular weight excluding hydrogens is 416 g/mol. The van der Waals surface area contributed by atoms with E-state index in [0.29, 0.717) is 32.6 Å². The molecule has 1 aliphatic carbocycles. The summed E-state index contributed by atoms with van der Waals surface area (Å²) in [4.78, 5) is 29.8. The van der Waals surface area contributed by atoms with Crippen molar-refractivity contribution in [1.82, 2.24) is 9.80 Å². The maximum Gasteiger partial charge on any atom is 0.227 e. The zero-order valence-electron chi connectivity index (χ0n) is 19.0. The number of ether oxygens (including phenoxy) is 2. The number of hydrogen-bond donors (Lipinski definition) is 0. The molecule has 2 atom stereocenters. The fraction of sp³-hybridized carbons (Fsp3) is 0.333. The Morgan fingerprint density at radius 2 is 1.21 bits per heavy atom. The molecule has 2 amide bonds. The van der Waals surface area contributed by atoms with E-state index in [1.165, 1.54) is 0 Å². The van der Waals surface area contributed by atoms with Crippen LogP contribution in [-0.2, 0) is 9.59 Å². The number of nitrogens with zero attached hydrogens (tertiary/aromatic N) is 2. The van der Waals surface area contributed by atoms with E-state index >= 15 is 0 Å². The van der Waals surface area contributed by atoms with E-state index in [-0.39, 0.29) is 23.7 Å². The summed E-state index contributed by atoms with van der Waals surface area (Å²) in [6.07, 6.45) is 4.83. The monoisotopic (exact) mass is 444 g/mol. The lowest BCUT2D eigenvalue weighted by Gasteiger charge is -2.19. The highest BCUT2D eigenvalue weighted by molar-refractivity contribution is 5.95. The lowest BCUT2D eigenvalue weighted by atomic mass is 10.1. The highest BCUT2D eigenvalue weighted by atomic mass is 16.5. The molecule has 2 heterocycles. The molecule has 1 fully saturated rings. The maximum absolute atomic E-state index is 13.1. The van der Waals surface area contributed by atoms with Crippen molar-refractivity contribution in [2.75, 3.05) is 40.4 Å². The smallest absolute Gasteiger partial charge is 0.227 e. The van der Waals surface area contributed by atoms with Crippen molar-refractivity contribution in [2.24, 2.45) is 11.8 Å². The molecule has 0 saturated heterocycles. The van der Waals surface area contributed by atoms with Gasteiger partial charge in [0, 0.05) is 26.2 Å². The molecule has 0 spiro atoms. The third kappa shape index (κ3) is 4.25. The highest BCUT2D eigenvalue weighted by Gasteiger charge is 2.51. The molecule has 0 N–H and O–H groups in total. The van der Waals surface area contributed by atoms with Gasteiger partial charge in [-0.1, -0.05) is 36.4 Å². The first-order valence-electron chi connectivity index (χ1n) is 11.3. The lowest BCUT2D eigenvalue weighted by molar-refractivity contribution is -0.136. The quantitative estimate of drug-likeness (QED) is 0.685. The maximum atomic E-state index is 13.1. The van der Waals surface area contributed by atoms with E-state index in [4.69, 9.17) is 9.47 Å². The van der Waals surface area contributed by atoms with Gasteiger partial charge < -0.3 is 19.3 Å². The fourth-order valence-electron chi connectivity index (χ4n) is 4.72. The van der Waals surface area contributed by atoms with Gasteiger partial charge >= 0.3 is 0 Å². The zero-order chi connectivity index (χ0) is 22.9. The minimum atomic E-state index is -0.198. The van der Waals surface area contributed by atoms with Gasteiger partial charge in [-0.3, -0.25) is 9.59 Å². The Morgan fingerprint density at radius 3 is 1.64 bits per heavy atom. The Balaban J connectivity index is 1.15. The Kier molecular flexibility index (Phi) is 5.67. The van der Waals surface area contributed by atoms with E-state index in [1.54, 1.807) is 14.2 Å². The number of benzene rings is 2. The van der Waals surface area contributed by atoms with Crippen LogP contribution < -0.4 is 9.47 Å². The SMILES string of the molecule is COc1cccc(C2=CCN(C(=O)C3CC3C(=O)N3CC=C(c4cccc(OC)c4)C3)C2)c1. The normalized spacial score (nSPS) is 21.5. The molecule has 6 nitrogen and oxygen atoms in total. The van der Waals surface area contributed by atoms with Crippen molar-refractivity contribution in [3.05, 3.63) is 71.8 Å². The molecule has 5 rings (SSSR count). The first-order chi connectivity index (χ1) is 16.1. The zero-order valence-corrected chi connectivity index (χ0v) is 19.0. The number of amides is 2. The Hall–Kier alpha value is -3.54. The molecule has 0 radical (unpaired) electrons. The Labute approximate surface area is 194 Å². The summed E-state index contributed by atoms with van der Waals surface area (Å²) in [6, 6.07) is 15.8. The fourth-order valence-corrected chi connectivity index (χ4v) is 4.72. The molecule has 170 valence electrons. The topological polar surface area (TPSA) is 59.1 Å². The van der Waals surface area contributed by atoms with E-state index in [9.17, 15) is 9.59 Å². The molecule has 6 heteroatoms. The third-order valence-corrected chi connectivity index (χ3v) is 6.77. The van der Waals surface area contributed by atoms with Crippen LogP contribution in [0.1, 0.15) is 17.5 Å². The van der Waals surface area contributed by atoms with Crippen molar-refractivity contribution in [1.29, 1.82) is 0 Å². The minimum absolute atomic E-state index is 0.0858. The average molecular weight is 445 g/mol. The van der Waals surface area contributed by atoms with Crippen LogP contribution in [0.2, 0.25) is 0 Å². The molecule has 2 aromatic carbocycles. The molecule has 2 aliphatic heterocycles. The van der Waals surface area contributed by atoms with Gasteiger partial charge in [-0.2, -0.15) is 0 Å². The summed E-state index contributed by atoms with van der Waals surface area (Å²) in [7, 11) is 3.30. The first-order valence-corrected chi connectivity index (χ1v) is 11.3. The summed E-state index contributed by atoms with van der Waals surface area (Å²) in [6.45, 7) is 2.34. The van der Waals surface area contributed by atoms with Crippen LogP contribution >= 0.6 is 0 Å². The van der Waals surface area contributed by atoms with Crippen LogP contribution in [0.3, 0.4) is 0 Å². The van der Waals surface area contributed by atoms with E-state index in [0.717, 1.165) is 33.8 Å². The van der Waals surface area contributed by atoms with E-state index in [2.05, 4.69) is 12.2 Å². The van der Waals surface area contributed by atoms with Crippen LogP contribution in [0.5, 0.6) is 11.5 Å². The second-order valence-corrected chi connectivity index (χ2v) is 8.81. The molecule has 0 bridgehead atoms. The number of rotatable bonds is 6. The molecular formula is C27H28N2O4. The van der Waals surface area contributed by atoms with Gasteiger partial charge in [0.1, 0.15) is 11.5 Å². The molecule has 2 aromatic rings. The van der Waals surface area contributed by atoms with Gasteiger partial charge in [-0.15, -0.1) is 0 Å². The van der Waals surface area contributed by atoms with Crippen LogP contribution in [0.15, 0.2) is 60.7 Å². The lowest BCUT2D eigenvalue weighted by Crippen LogP contribution is -2.34. The summed E-state index contributed by atoms with van der Waals surface area (Å²) >= 11 is 0. The predicted octanol–water partition coefficient (Wildman–Crippen LogP) is 3.49. The summed E-state index contributed by atoms with van der Waals surface area (Å²) in [5, 5.41) is 0. The van der Waals surface area contributed by atoms with Gasteiger partial charge in [0.05, 0.1) is 26.1 Å². The van der Waals surface area contributed by atoms with Crippen molar-refractivity contribution in [2.45, 2.75) is 6.42 Å². The minimum Gasteiger partial charge on any atom is -0.497 e. The van der Waals surface area contributed by atoms with Gasteiger partial charge in [0.15, 0.2) is 0 Å². The Morgan fingerprint density at radius 1 is 0.758 bits per heavy atom. The van der Waals surface area contributed by atoms with Crippen LogP contribution in [0.4, 0.5) is 0 Å². The largest absolute Gasteiger partial charge is 0.497 e. The first kappa shape index (κ1) is 21.3. The van der Waals surface area contributed by atoms with Crippen molar-refractivity contribution >= 4 is 23.0 Å². The van der Waals surface area contributed by atoms with E-state index < -0.39 is 0 Å².